The average Bonchev–Trinajstić information content (AvgIpc) is 3.02. The summed E-state index contributed by atoms with van der Waals surface area (Å²) >= 11 is 0. The van der Waals surface area contributed by atoms with Gasteiger partial charge in [0, 0.05) is 44.2 Å². The van der Waals surface area contributed by atoms with E-state index < -0.39 is 34.1 Å². The third-order valence-electron chi connectivity index (χ3n) is 7.30. The van der Waals surface area contributed by atoms with E-state index in [-0.39, 0.29) is 36.5 Å². The highest BCUT2D eigenvalue weighted by molar-refractivity contribution is 5.54. The molecule has 0 saturated carbocycles. The van der Waals surface area contributed by atoms with Crippen molar-refractivity contribution < 1.29 is 46.8 Å². The first-order valence-corrected chi connectivity index (χ1v) is 14.0. The molecule has 0 amide bonds. The number of non-ortho nitro benzene ring substituents is 1. The van der Waals surface area contributed by atoms with Crippen LogP contribution < -0.4 is 0 Å². The first-order valence-electron chi connectivity index (χ1n) is 14.0. The fourth-order valence-electron chi connectivity index (χ4n) is 4.95. The Hall–Kier alpha value is -3.53. The number of phenols is 1. The molecule has 0 spiro atoms. The second-order valence-corrected chi connectivity index (χ2v) is 10.3. The molecule has 234 valence electrons. The van der Waals surface area contributed by atoms with Gasteiger partial charge in [-0.05, 0) is 29.8 Å². The van der Waals surface area contributed by atoms with Gasteiger partial charge in [-0.15, -0.1) is 5.11 Å². The molecule has 0 radical (unpaired) electrons. The number of hydrogen-bond donors (Lipinski definition) is 1. The van der Waals surface area contributed by atoms with Gasteiger partial charge in [-0.3, -0.25) is 10.1 Å². The Balaban J connectivity index is 1.47. The first kappa shape index (κ1) is 32.4. The number of phenolic OH excluding ortho intramolecular Hbond substituents is 1. The molecule has 2 fully saturated rings. The summed E-state index contributed by atoms with van der Waals surface area (Å²) < 4.78 is 65.1. The molecule has 15 heteroatoms. The predicted molar refractivity (Wildman–Crippen MR) is 146 cm³/mol. The molecule has 12 nitrogen and oxygen atoms in total. The zero-order valence-corrected chi connectivity index (χ0v) is 23.4. The van der Waals surface area contributed by atoms with E-state index in [4.69, 9.17) is 18.9 Å². The van der Waals surface area contributed by atoms with E-state index in [1.54, 1.807) is 0 Å². The molecule has 2 heterocycles. The van der Waals surface area contributed by atoms with Crippen molar-refractivity contribution in [3.05, 3.63) is 63.2 Å². The van der Waals surface area contributed by atoms with Crippen LogP contribution in [0.2, 0.25) is 0 Å². The number of halogens is 3. The maximum Gasteiger partial charge on any atom is 0.418 e. The van der Waals surface area contributed by atoms with Crippen molar-refractivity contribution in [1.29, 1.82) is 0 Å². The minimum absolute atomic E-state index is 0.0609. The number of nitro benzene ring substituents is 1. The summed E-state index contributed by atoms with van der Waals surface area (Å²) in [6.07, 6.45) is -2.77. The molecule has 4 rings (SSSR count). The molecule has 3 unspecified atom stereocenters. The van der Waals surface area contributed by atoms with Gasteiger partial charge in [0.25, 0.3) is 5.69 Å². The zero-order chi connectivity index (χ0) is 30.8. The van der Waals surface area contributed by atoms with Crippen LogP contribution in [-0.2, 0) is 31.5 Å². The Morgan fingerprint density at radius 3 is 2.23 bits per heavy atom. The van der Waals surface area contributed by atoms with Gasteiger partial charge in [0.1, 0.15) is 17.8 Å². The van der Waals surface area contributed by atoms with Crippen LogP contribution in [0.4, 0.5) is 30.2 Å². The zero-order valence-electron chi connectivity index (χ0n) is 23.4. The maximum atomic E-state index is 13.5. The van der Waals surface area contributed by atoms with Crippen LogP contribution in [0, 0.1) is 10.1 Å². The third kappa shape index (κ3) is 9.48. The minimum atomic E-state index is -4.88. The number of aromatic hydroxyl groups is 1. The fraction of sp³-hybridized carbons (Fsp3) is 0.571. The van der Waals surface area contributed by atoms with Gasteiger partial charge in [0.2, 0.25) is 0 Å². The van der Waals surface area contributed by atoms with E-state index in [0.29, 0.717) is 77.0 Å². The highest BCUT2D eigenvalue weighted by Crippen LogP contribution is 2.39. The van der Waals surface area contributed by atoms with Crippen LogP contribution in [-0.4, -0.2) is 79.2 Å². The van der Waals surface area contributed by atoms with Crippen LogP contribution in [0.15, 0.2) is 46.6 Å². The van der Waals surface area contributed by atoms with E-state index in [2.05, 4.69) is 10.2 Å². The van der Waals surface area contributed by atoms with Crippen molar-refractivity contribution in [1.82, 2.24) is 0 Å². The number of rotatable bonds is 5. The van der Waals surface area contributed by atoms with Crippen LogP contribution in [0.5, 0.6) is 5.75 Å². The molecular weight excluding hydrogens is 575 g/mol. The van der Waals surface area contributed by atoms with Crippen molar-refractivity contribution in [3.63, 3.8) is 0 Å². The highest BCUT2D eigenvalue weighted by Gasteiger charge is 2.35. The van der Waals surface area contributed by atoms with Gasteiger partial charge < -0.3 is 34.3 Å². The number of benzene rings is 2. The summed E-state index contributed by atoms with van der Waals surface area (Å²) in [5, 5.41) is 29.0. The normalized spacial score (nSPS) is 23.3. The molecule has 3 atom stereocenters. The van der Waals surface area contributed by atoms with Gasteiger partial charge in [-0.25, -0.2) is 0 Å². The SMILES string of the molecule is [N-]=[N+]1C2CCOCCOCCC1CCOC(Cc1cc(N=Nc3ccc([N+](=O)[O-])cc3C(F)(F)F)ccc1O)COCC2. The van der Waals surface area contributed by atoms with Crippen LogP contribution in [0.1, 0.15) is 36.8 Å². The molecule has 2 aromatic rings. The Morgan fingerprint density at radius 2 is 1.58 bits per heavy atom. The number of azo groups is 1. The van der Waals surface area contributed by atoms with E-state index in [0.717, 1.165) is 12.1 Å². The van der Waals surface area contributed by atoms with Crippen LogP contribution >= 0.6 is 0 Å². The number of nitro groups is 1. The second kappa shape index (κ2) is 15.3. The Morgan fingerprint density at radius 1 is 0.930 bits per heavy atom. The van der Waals surface area contributed by atoms with Crippen molar-refractivity contribution in [3.8, 4) is 5.75 Å². The molecule has 1 N–H and O–H groups in total. The largest absolute Gasteiger partial charge is 0.508 e. The molecule has 0 aliphatic carbocycles. The maximum absolute atomic E-state index is 13.5. The lowest BCUT2D eigenvalue weighted by Gasteiger charge is -2.25. The molecule has 2 bridgehead atoms. The van der Waals surface area contributed by atoms with Gasteiger partial charge in [-0.1, -0.05) is 0 Å². The Bertz CT molecular complexity index is 1290. The van der Waals surface area contributed by atoms with Gasteiger partial charge >= 0.3 is 6.18 Å². The van der Waals surface area contributed by atoms with Crippen molar-refractivity contribution in [2.45, 2.75) is 56.5 Å². The number of hydrogen-bond acceptors (Lipinski definition) is 9. The number of alkyl halides is 3. The summed E-state index contributed by atoms with van der Waals surface area (Å²) in [7, 11) is 0. The van der Waals surface area contributed by atoms with Crippen LogP contribution in [0.25, 0.3) is 5.53 Å². The molecule has 2 aliphatic rings. The molecule has 2 saturated heterocycles. The van der Waals surface area contributed by atoms with Gasteiger partial charge in [-0.2, -0.15) is 18.3 Å². The molecule has 43 heavy (non-hydrogen) atoms. The lowest BCUT2D eigenvalue weighted by Crippen LogP contribution is -2.36. The predicted octanol–water partition coefficient (Wildman–Crippen LogP) is 6.07. The number of ether oxygens (including phenoxy) is 4. The molecular formula is C28H34F3N5O7. The molecule has 2 aliphatic heterocycles. The molecule has 0 aromatic heterocycles. The quantitative estimate of drug-likeness (QED) is 0.187. The summed E-state index contributed by atoms with van der Waals surface area (Å²) in [4.78, 5) is 10.0. The smallest absolute Gasteiger partial charge is 0.418 e. The highest BCUT2D eigenvalue weighted by atomic mass is 19.4. The van der Waals surface area contributed by atoms with Gasteiger partial charge in [0.15, 0.2) is 0 Å². The Kier molecular flexibility index (Phi) is 11.5. The minimum Gasteiger partial charge on any atom is -0.508 e. The summed E-state index contributed by atoms with van der Waals surface area (Å²) in [5.74, 6) is -0.0609. The lowest BCUT2D eigenvalue weighted by molar-refractivity contribution is -0.624. The van der Waals surface area contributed by atoms with Gasteiger partial charge in [0.05, 0.1) is 74.2 Å². The lowest BCUT2D eigenvalue weighted by atomic mass is 10.1. The molecule has 2 aromatic carbocycles. The summed E-state index contributed by atoms with van der Waals surface area (Å²) in [6, 6.07) is 6.09. The second-order valence-electron chi connectivity index (χ2n) is 10.3. The fourth-order valence-corrected chi connectivity index (χ4v) is 4.95. The van der Waals surface area contributed by atoms with Crippen molar-refractivity contribution in [2.24, 2.45) is 10.2 Å². The van der Waals surface area contributed by atoms with Crippen molar-refractivity contribution >= 4 is 17.1 Å². The monoisotopic (exact) mass is 609 g/mol. The topological polar surface area (TPSA) is 150 Å². The van der Waals surface area contributed by atoms with E-state index in [1.165, 1.54) is 22.9 Å². The van der Waals surface area contributed by atoms with Crippen molar-refractivity contribution in [2.75, 3.05) is 46.2 Å². The number of nitrogens with zero attached hydrogens (tertiary/aromatic N) is 5. The van der Waals surface area contributed by atoms with E-state index in [1.807, 2.05) is 0 Å². The van der Waals surface area contributed by atoms with E-state index in [9.17, 15) is 33.9 Å². The standard InChI is InChI=1S/C28H34F3N5O7/c29-28(30,31)25-17-23(36(38)39)2-3-26(25)34-33-20-1-4-27(37)19(15-20)16-24-18-42-11-7-21-5-9-40-13-14-41-10-6-22(35(21)32)8-12-43-24/h1-4,15,17,21-22,24,37H,5-14,16,18H2. The number of fused-ring (bicyclic) bond motifs is 2. The Labute approximate surface area is 246 Å². The summed E-state index contributed by atoms with van der Waals surface area (Å²) in [6.45, 7) is 2.84. The van der Waals surface area contributed by atoms with Crippen LogP contribution in [0.3, 0.4) is 0 Å². The van der Waals surface area contributed by atoms with E-state index >= 15 is 0 Å². The first-order chi connectivity index (χ1) is 20.6. The summed E-state index contributed by atoms with van der Waals surface area (Å²) in [5.41, 5.74) is 8.99. The third-order valence-corrected chi connectivity index (χ3v) is 7.30. The average molecular weight is 610 g/mol.